The van der Waals surface area contributed by atoms with Crippen LogP contribution in [0.15, 0.2) is 48.8 Å². The van der Waals surface area contributed by atoms with Crippen LogP contribution in [0.25, 0.3) is 0 Å². The number of benzene rings is 1. The Morgan fingerprint density at radius 1 is 1.10 bits per heavy atom. The van der Waals surface area contributed by atoms with Crippen molar-refractivity contribution in [1.82, 2.24) is 4.98 Å². The molecule has 1 aromatic heterocycles. The zero-order chi connectivity index (χ0) is 14.9. The van der Waals surface area contributed by atoms with E-state index >= 15 is 0 Å². The van der Waals surface area contributed by atoms with Crippen molar-refractivity contribution in [3.05, 3.63) is 53.8 Å². The van der Waals surface area contributed by atoms with E-state index in [9.17, 15) is 0 Å². The fourth-order valence-electron chi connectivity index (χ4n) is 3.07. The van der Waals surface area contributed by atoms with E-state index in [4.69, 9.17) is 11.6 Å². The van der Waals surface area contributed by atoms with Gasteiger partial charge in [0.25, 0.3) is 0 Å². The molecule has 0 N–H and O–H groups in total. The first kappa shape index (κ1) is 14.2. The predicted octanol–water partition coefficient (Wildman–Crippen LogP) is 3.84. The second-order valence-electron chi connectivity index (χ2n) is 6.05. The molecule has 1 aliphatic heterocycles. The number of hydrogen-bond donors (Lipinski definition) is 0. The Balaban J connectivity index is 1.84. The number of anilines is 2. The summed E-state index contributed by atoms with van der Waals surface area (Å²) in [6.07, 6.45) is 3.52. The Hall–Kier alpha value is -1.74. The fourth-order valence-corrected chi connectivity index (χ4v) is 3.31. The molecule has 0 unspecified atom stereocenters. The molecule has 0 spiro atoms. The third kappa shape index (κ3) is 2.84. The van der Waals surface area contributed by atoms with Crippen LogP contribution in [-0.4, -0.2) is 30.2 Å². The molecule has 1 aromatic carbocycles. The highest BCUT2D eigenvalue weighted by atomic mass is 35.5. The Kier molecular flexibility index (Phi) is 3.77. The van der Waals surface area contributed by atoms with Gasteiger partial charge < -0.3 is 9.80 Å². The van der Waals surface area contributed by atoms with Gasteiger partial charge in [0.15, 0.2) is 0 Å². The molecular formula is C17H20ClN3. The molecule has 3 rings (SSSR count). The molecule has 0 bridgehead atoms. The topological polar surface area (TPSA) is 19.4 Å². The number of nitrogens with zero attached hydrogens (tertiary/aromatic N) is 3. The van der Waals surface area contributed by atoms with Crippen LogP contribution < -0.4 is 9.80 Å². The Morgan fingerprint density at radius 3 is 2.52 bits per heavy atom. The number of hydrogen-bond acceptors (Lipinski definition) is 3. The van der Waals surface area contributed by atoms with Crippen LogP contribution in [-0.2, 0) is 0 Å². The van der Waals surface area contributed by atoms with Gasteiger partial charge in [0, 0.05) is 37.7 Å². The van der Waals surface area contributed by atoms with Crippen LogP contribution >= 0.6 is 11.6 Å². The third-order valence-electron chi connectivity index (χ3n) is 4.06. The molecule has 3 nitrogen and oxygen atoms in total. The van der Waals surface area contributed by atoms with Gasteiger partial charge in [0.05, 0.1) is 16.2 Å². The SMILES string of the molecule is CC1(C)CN(c2ccncc2Cl)CCN1c1ccccc1. The van der Waals surface area contributed by atoms with E-state index in [2.05, 4.69) is 59.0 Å². The van der Waals surface area contributed by atoms with Crippen LogP contribution in [0, 0.1) is 0 Å². The molecule has 0 atom stereocenters. The summed E-state index contributed by atoms with van der Waals surface area (Å²) in [6.45, 7) is 7.44. The first-order valence-electron chi connectivity index (χ1n) is 7.25. The summed E-state index contributed by atoms with van der Waals surface area (Å²) in [6, 6.07) is 12.6. The van der Waals surface area contributed by atoms with Crippen LogP contribution in [0.2, 0.25) is 5.02 Å². The van der Waals surface area contributed by atoms with Crippen LogP contribution in [0.4, 0.5) is 11.4 Å². The zero-order valence-electron chi connectivity index (χ0n) is 12.5. The Labute approximate surface area is 131 Å². The van der Waals surface area contributed by atoms with Gasteiger partial charge >= 0.3 is 0 Å². The van der Waals surface area contributed by atoms with Gasteiger partial charge in [0.1, 0.15) is 0 Å². The highest BCUT2D eigenvalue weighted by Crippen LogP contribution is 2.32. The number of halogens is 1. The van der Waals surface area contributed by atoms with Crippen molar-refractivity contribution in [2.45, 2.75) is 19.4 Å². The minimum atomic E-state index is 0.0478. The normalized spacial score (nSPS) is 17.9. The van der Waals surface area contributed by atoms with Crippen molar-refractivity contribution in [2.24, 2.45) is 0 Å². The quantitative estimate of drug-likeness (QED) is 0.840. The molecule has 0 saturated carbocycles. The summed E-state index contributed by atoms with van der Waals surface area (Å²) in [5.41, 5.74) is 2.40. The van der Waals surface area contributed by atoms with Crippen LogP contribution in [0.5, 0.6) is 0 Å². The van der Waals surface area contributed by atoms with Gasteiger partial charge in [-0.15, -0.1) is 0 Å². The van der Waals surface area contributed by atoms with Gasteiger partial charge in [-0.25, -0.2) is 0 Å². The highest BCUT2D eigenvalue weighted by Gasteiger charge is 2.34. The van der Waals surface area contributed by atoms with E-state index in [0.29, 0.717) is 0 Å². The minimum Gasteiger partial charge on any atom is -0.366 e. The van der Waals surface area contributed by atoms with E-state index in [-0.39, 0.29) is 5.54 Å². The molecule has 21 heavy (non-hydrogen) atoms. The smallest absolute Gasteiger partial charge is 0.0822 e. The monoisotopic (exact) mass is 301 g/mol. The summed E-state index contributed by atoms with van der Waals surface area (Å²) < 4.78 is 0. The maximum Gasteiger partial charge on any atom is 0.0822 e. The molecule has 1 aliphatic rings. The summed E-state index contributed by atoms with van der Waals surface area (Å²) in [4.78, 5) is 8.89. The Bertz CT molecular complexity index is 612. The first-order valence-corrected chi connectivity index (χ1v) is 7.63. The summed E-state index contributed by atoms with van der Waals surface area (Å²) in [5.74, 6) is 0. The standard InChI is InChI=1S/C17H20ClN3/c1-17(2)13-20(16-8-9-19-12-15(16)18)10-11-21(17)14-6-4-3-5-7-14/h3-9,12H,10-11,13H2,1-2H3. The maximum atomic E-state index is 6.29. The zero-order valence-corrected chi connectivity index (χ0v) is 13.2. The largest absolute Gasteiger partial charge is 0.366 e. The summed E-state index contributed by atoms with van der Waals surface area (Å²) in [7, 11) is 0. The molecule has 4 heteroatoms. The maximum absolute atomic E-state index is 6.29. The Morgan fingerprint density at radius 2 is 1.86 bits per heavy atom. The van der Waals surface area contributed by atoms with Gasteiger partial charge in [-0.3, -0.25) is 4.98 Å². The molecule has 110 valence electrons. The lowest BCUT2D eigenvalue weighted by Gasteiger charge is -2.49. The lowest BCUT2D eigenvalue weighted by atomic mass is 9.97. The third-order valence-corrected chi connectivity index (χ3v) is 4.35. The summed E-state index contributed by atoms with van der Waals surface area (Å²) in [5, 5.41) is 0.724. The lowest BCUT2D eigenvalue weighted by Crippen LogP contribution is -2.59. The highest BCUT2D eigenvalue weighted by molar-refractivity contribution is 6.33. The molecule has 0 amide bonds. The van der Waals surface area contributed by atoms with Crippen molar-refractivity contribution >= 4 is 23.0 Å². The molecule has 0 radical (unpaired) electrons. The predicted molar refractivity (Wildman–Crippen MR) is 89.3 cm³/mol. The number of aromatic nitrogens is 1. The van der Waals surface area contributed by atoms with Crippen molar-refractivity contribution in [1.29, 1.82) is 0 Å². The number of piperazine rings is 1. The number of pyridine rings is 1. The van der Waals surface area contributed by atoms with Crippen molar-refractivity contribution in [3.63, 3.8) is 0 Å². The van der Waals surface area contributed by atoms with E-state index < -0.39 is 0 Å². The molecular weight excluding hydrogens is 282 g/mol. The van der Waals surface area contributed by atoms with Gasteiger partial charge in [-0.1, -0.05) is 29.8 Å². The molecule has 2 heterocycles. The van der Waals surface area contributed by atoms with Crippen molar-refractivity contribution in [2.75, 3.05) is 29.4 Å². The van der Waals surface area contributed by atoms with Gasteiger partial charge in [-0.05, 0) is 32.0 Å². The average Bonchev–Trinajstić information content (AvgIpc) is 2.47. The van der Waals surface area contributed by atoms with E-state index in [0.717, 1.165) is 30.3 Å². The molecule has 2 aromatic rings. The molecule has 1 saturated heterocycles. The minimum absolute atomic E-state index is 0.0478. The van der Waals surface area contributed by atoms with Crippen molar-refractivity contribution in [3.8, 4) is 0 Å². The van der Waals surface area contributed by atoms with Crippen LogP contribution in [0.1, 0.15) is 13.8 Å². The van der Waals surface area contributed by atoms with Gasteiger partial charge in [0.2, 0.25) is 0 Å². The second kappa shape index (κ2) is 5.57. The van der Waals surface area contributed by atoms with E-state index in [1.807, 2.05) is 6.07 Å². The number of para-hydroxylation sites is 1. The summed E-state index contributed by atoms with van der Waals surface area (Å²) >= 11 is 6.29. The lowest BCUT2D eigenvalue weighted by molar-refractivity contribution is 0.415. The van der Waals surface area contributed by atoms with Crippen molar-refractivity contribution < 1.29 is 0 Å². The fraction of sp³-hybridized carbons (Fsp3) is 0.353. The molecule has 1 fully saturated rings. The van der Waals surface area contributed by atoms with E-state index in [1.165, 1.54) is 5.69 Å². The number of rotatable bonds is 2. The van der Waals surface area contributed by atoms with E-state index in [1.54, 1.807) is 12.4 Å². The van der Waals surface area contributed by atoms with Crippen LogP contribution in [0.3, 0.4) is 0 Å². The average molecular weight is 302 g/mol. The first-order chi connectivity index (χ1) is 10.1. The molecule has 0 aliphatic carbocycles. The second-order valence-corrected chi connectivity index (χ2v) is 6.46. The van der Waals surface area contributed by atoms with Gasteiger partial charge in [-0.2, -0.15) is 0 Å².